The number of carbonyl (C=O) groups excluding carboxylic acids is 1. The molecule has 0 saturated heterocycles. The van der Waals surface area contributed by atoms with E-state index in [2.05, 4.69) is 15.6 Å². The van der Waals surface area contributed by atoms with Crippen molar-refractivity contribution in [2.45, 2.75) is 38.3 Å². The largest absolute Gasteiger partial charge is 0.442 e. The molecule has 134 valence electrons. The highest BCUT2D eigenvalue weighted by atomic mass is 16.5. The van der Waals surface area contributed by atoms with Gasteiger partial charge in [-0.25, -0.2) is 14.0 Å². The van der Waals surface area contributed by atoms with Crippen molar-refractivity contribution in [3.63, 3.8) is 0 Å². The van der Waals surface area contributed by atoms with Crippen molar-refractivity contribution in [1.82, 2.24) is 19.5 Å². The molecule has 0 spiro atoms. The predicted molar refractivity (Wildman–Crippen MR) is 94.6 cm³/mol. The summed E-state index contributed by atoms with van der Waals surface area (Å²) in [7, 11) is 0. The van der Waals surface area contributed by atoms with Gasteiger partial charge >= 0.3 is 5.76 Å². The molecule has 1 amide bonds. The van der Waals surface area contributed by atoms with E-state index < -0.39 is 5.76 Å². The van der Waals surface area contributed by atoms with Crippen LogP contribution in [0.3, 0.4) is 0 Å². The zero-order chi connectivity index (χ0) is 17.9. The number of hydrogen-bond acceptors (Lipinski definition) is 5. The lowest BCUT2D eigenvalue weighted by atomic mass is 10.2. The van der Waals surface area contributed by atoms with Crippen molar-refractivity contribution in [2.75, 3.05) is 5.32 Å². The highest BCUT2D eigenvalue weighted by molar-refractivity contribution is 5.90. The third-order valence-electron chi connectivity index (χ3n) is 4.63. The summed E-state index contributed by atoms with van der Waals surface area (Å²) in [5.41, 5.74) is 0.710. The van der Waals surface area contributed by atoms with Crippen molar-refractivity contribution in [1.29, 1.82) is 0 Å². The Morgan fingerprint density at radius 2 is 1.96 bits per heavy atom. The Morgan fingerprint density at radius 1 is 1.19 bits per heavy atom. The standard InChI is InChI=1S/C18H19N5O3/c24-16(20-15-10-11-19-23(15)14-8-4-5-9-14)12-22-17(21-26-18(22)25)13-6-2-1-3-7-13/h1-3,6-7,10-11,14H,4-5,8-9,12H2,(H,20,24). The van der Waals surface area contributed by atoms with E-state index in [1.807, 2.05) is 22.9 Å². The van der Waals surface area contributed by atoms with Crippen LogP contribution in [0.4, 0.5) is 5.82 Å². The minimum Gasteiger partial charge on any atom is -0.309 e. The van der Waals surface area contributed by atoms with Crippen molar-refractivity contribution < 1.29 is 9.32 Å². The summed E-state index contributed by atoms with van der Waals surface area (Å²) < 4.78 is 7.83. The first-order valence-corrected chi connectivity index (χ1v) is 8.67. The number of hydrogen-bond donors (Lipinski definition) is 1. The van der Waals surface area contributed by atoms with Crippen molar-refractivity contribution in [3.8, 4) is 11.4 Å². The van der Waals surface area contributed by atoms with Gasteiger partial charge in [0.05, 0.1) is 12.2 Å². The number of nitrogens with zero attached hydrogens (tertiary/aromatic N) is 4. The summed E-state index contributed by atoms with van der Waals surface area (Å²) in [6.07, 6.45) is 6.15. The van der Waals surface area contributed by atoms with E-state index in [1.165, 1.54) is 17.4 Å². The van der Waals surface area contributed by atoms with Gasteiger partial charge in [0.25, 0.3) is 0 Å². The first-order chi connectivity index (χ1) is 12.7. The average Bonchev–Trinajstić information content (AvgIpc) is 3.38. The van der Waals surface area contributed by atoms with Crippen molar-refractivity contribution in [2.24, 2.45) is 0 Å². The van der Waals surface area contributed by atoms with Gasteiger partial charge < -0.3 is 5.32 Å². The van der Waals surface area contributed by atoms with Crippen molar-refractivity contribution >= 4 is 11.7 Å². The van der Waals surface area contributed by atoms with Crippen LogP contribution < -0.4 is 11.1 Å². The Balaban J connectivity index is 1.52. The van der Waals surface area contributed by atoms with Gasteiger partial charge in [0.2, 0.25) is 5.91 Å². The smallest absolute Gasteiger partial charge is 0.309 e. The number of aromatic nitrogens is 4. The first-order valence-electron chi connectivity index (χ1n) is 8.67. The molecular weight excluding hydrogens is 334 g/mol. The van der Waals surface area contributed by atoms with Crippen LogP contribution in [0.25, 0.3) is 11.4 Å². The minimum atomic E-state index is -0.664. The SMILES string of the molecule is O=C(Cn1c(-c2ccccc2)noc1=O)Nc1ccnn1C1CCCC1. The lowest BCUT2D eigenvalue weighted by molar-refractivity contribution is -0.116. The van der Waals surface area contributed by atoms with Crippen molar-refractivity contribution in [3.05, 3.63) is 53.1 Å². The molecule has 2 heterocycles. The lowest BCUT2D eigenvalue weighted by Crippen LogP contribution is -2.26. The number of nitrogens with one attached hydrogen (secondary N) is 1. The minimum absolute atomic E-state index is 0.178. The normalized spacial score (nSPS) is 14.6. The molecule has 2 aromatic heterocycles. The van der Waals surface area contributed by atoms with Crippen LogP contribution >= 0.6 is 0 Å². The van der Waals surface area contributed by atoms with Gasteiger partial charge in [-0.15, -0.1) is 0 Å². The molecule has 1 aromatic carbocycles. The van der Waals surface area contributed by atoms with E-state index in [-0.39, 0.29) is 12.5 Å². The van der Waals surface area contributed by atoms with E-state index in [9.17, 15) is 9.59 Å². The highest BCUT2D eigenvalue weighted by Gasteiger charge is 2.21. The van der Waals surface area contributed by atoms with Crippen LogP contribution in [0.15, 0.2) is 51.9 Å². The molecule has 0 radical (unpaired) electrons. The summed E-state index contributed by atoms with van der Waals surface area (Å²) in [5.74, 6) is -0.0155. The summed E-state index contributed by atoms with van der Waals surface area (Å²) >= 11 is 0. The molecule has 1 N–H and O–H groups in total. The number of rotatable bonds is 5. The van der Waals surface area contributed by atoms with Gasteiger partial charge in [-0.05, 0) is 12.8 Å². The first kappa shape index (κ1) is 16.3. The van der Waals surface area contributed by atoms with Crippen LogP contribution in [0.2, 0.25) is 0 Å². The zero-order valence-electron chi connectivity index (χ0n) is 14.2. The molecule has 0 aliphatic heterocycles. The summed E-state index contributed by atoms with van der Waals surface area (Å²) in [6.45, 7) is -0.178. The Bertz CT molecular complexity index is 951. The molecule has 0 atom stereocenters. The number of carbonyl (C=O) groups is 1. The van der Waals surface area contributed by atoms with E-state index in [0.29, 0.717) is 23.2 Å². The molecular formula is C18H19N5O3. The van der Waals surface area contributed by atoms with Gasteiger partial charge in [0.1, 0.15) is 12.4 Å². The molecule has 1 fully saturated rings. The maximum Gasteiger partial charge on any atom is 0.442 e. The molecule has 26 heavy (non-hydrogen) atoms. The van der Waals surface area contributed by atoms with E-state index in [1.54, 1.807) is 24.4 Å². The lowest BCUT2D eigenvalue weighted by Gasteiger charge is -2.14. The molecule has 0 unspecified atom stereocenters. The van der Waals surface area contributed by atoms with Gasteiger partial charge in [-0.3, -0.25) is 9.32 Å². The Morgan fingerprint density at radius 3 is 2.73 bits per heavy atom. The van der Waals surface area contributed by atoms with Crippen LogP contribution in [-0.4, -0.2) is 25.4 Å². The van der Waals surface area contributed by atoms with Crippen LogP contribution in [0.5, 0.6) is 0 Å². The summed E-state index contributed by atoms with van der Waals surface area (Å²) in [4.78, 5) is 24.5. The second-order valence-corrected chi connectivity index (χ2v) is 6.37. The topological polar surface area (TPSA) is 94.9 Å². The Kier molecular flexibility index (Phi) is 4.39. The zero-order valence-corrected chi connectivity index (χ0v) is 14.2. The van der Waals surface area contributed by atoms with Gasteiger partial charge in [0, 0.05) is 11.6 Å². The molecule has 8 nitrogen and oxygen atoms in total. The van der Waals surface area contributed by atoms with Crippen LogP contribution in [0.1, 0.15) is 31.7 Å². The Hall–Kier alpha value is -3.16. The molecule has 4 rings (SSSR count). The van der Waals surface area contributed by atoms with E-state index in [0.717, 1.165) is 12.8 Å². The highest BCUT2D eigenvalue weighted by Crippen LogP contribution is 2.31. The molecule has 1 aliphatic rings. The van der Waals surface area contributed by atoms with Crippen LogP contribution in [-0.2, 0) is 11.3 Å². The third kappa shape index (κ3) is 3.17. The van der Waals surface area contributed by atoms with Crippen LogP contribution in [0, 0.1) is 0 Å². The van der Waals surface area contributed by atoms with E-state index in [4.69, 9.17) is 4.52 Å². The third-order valence-corrected chi connectivity index (χ3v) is 4.63. The van der Waals surface area contributed by atoms with Gasteiger partial charge in [-0.2, -0.15) is 5.10 Å². The monoisotopic (exact) mass is 353 g/mol. The van der Waals surface area contributed by atoms with E-state index >= 15 is 0 Å². The molecule has 3 aromatic rings. The quantitative estimate of drug-likeness (QED) is 0.760. The molecule has 1 saturated carbocycles. The number of benzene rings is 1. The maximum absolute atomic E-state index is 12.5. The Labute approximate surface area is 149 Å². The predicted octanol–water partition coefficient (Wildman–Crippen LogP) is 2.45. The summed E-state index contributed by atoms with van der Waals surface area (Å²) in [6, 6.07) is 11.2. The van der Waals surface area contributed by atoms with Gasteiger partial charge in [0.15, 0.2) is 5.82 Å². The second kappa shape index (κ2) is 6.99. The number of anilines is 1. The fraction of sp³-hybridized carbons (Fsp3) is 0.333. The fourth-order valence-electron chi connectivity index (χ4n) is 3.38. The molecule has 8 heteroatoms. The average molecular weight is 353 g/mol. The molecule has 1 aliphatic carbocycles. The maximum atomic E-state index is 12.5. The van der Waals surface area contributed by atoms with Gasteiger partial charge in [-0.1, -0.05) is 48.3 Å². The second-order valence-electron chi connectivity index (χ2n) is 6.37. The molecule has 0 bridgehead atoms. The number of amides is 1. The fourth-order valence-corrected chi connectivity index (χ4v) is 3.38. The summed E-state index contributed by atoms with van der Waals surface area (Å²) in [5, 5.41) is 11.0.